The smallest absolute Gasteiger partial charge is 0.267 e. The van der Waals surface area contributed by atoms with Crippen LogP contribution in [0, 0.1) is 0 Å². The number of nitrogens with zero attached hydrogens (tertiary/aromatic N) is 2. The summed E-state index contributed by atoms with van der Waals surface area (Å²) < 4.78 is 26.9. The van der Waals surface area contributed by atoms with Gasteiger partial charge in [-0.1, -0.05) is 12.5 Å². The quantitative estimate of drug-likeness (QED) is 0.643. The highest BCUT2D eigenvalue weighted by atomic mass is 32.2. The molecule has 25 heavy (non-hydrogen) atoms. The van der Waals surface area contributed by atoms with E-state index in [0.717, 1.165) is 24.8 Å². The number of benzene rings is 1. The van der Waals surface area contributed by atoms with Crippen molar-refractivity contribution >= 4 is 33.5 Å². The summed E-state index contributed by atoms with van der Waals surface area (Å²) in [4.78, 5) is 12.3. The molecule has 0 atom stereocenters. The van der Waals surface area contributed by atoms with Crippen LogP contribution in [-0.4, -0.2) is 37.9 Å². The molecule has 1 amide bonds. The van der Waals surface area contributed by atoms with Gasteiger partial charge in [0, 0.05) is 24.2 Å². The van der Waals surface area contributed by atoms with Gasteiger partial charge in [0.05, 0.1) is 11.1 Å². The Hall–Kier alpha value is -2.03. The maximum absolute atomic E-state index is 12.7. The highest BCUT2D eigenvalue weighted by Crippen LogP contribution is 2.21. The molecule has 1 fully saturated rings. The average molecular weight is 377 g/mol. The SMILES string of the molecule is O=C(N/N=C/c1ccsc1)c1cccc(S(=O)(=O)N2CCCCC2)c1. The monoisotopic (exact) mass is 377 g/mol. The van der Waals surface area contributed by atoms with E-state index in [-0.39, 0.29) is 10.5 Å². The van der Waals surface area contributed by atoms with E-state index in [0.29, 0.717) is 13.1 Å². The Bertz CT molecular complexity index is 855. The summed E-state index contributed by atoms with van der Waals surface area (Å²) in [6.07, 6.45) is 4.34. The number of nitrogens with one attached hydrogen (secondary N) is 1. The topological polar surface area (TPSA) is 78.8 Å². The third kappa shape index (κ3) is 4.33. The zero-order valence-corrected chi connectivity index (χ0v) is 15.2. The molecular formula is C17H19N3O3S2. The van der Waals surface area contributed by atoms with E-state index in [9.17, 15) is 13.2 Å². The zero-order chi connectivity index (χ0) is 17.7. The maximum atomic E-state index is 12.7. The van der Waals surface area contributed by atoms with E-state index in [1.165, 1.54) is 27.8 Å². The number of rotatable bonds is 5. The van der Waals surface area contributed by atoms with Crippen LogP contribution in [0.3, 0.4) is 0 Å². The summed E-state index contributed by atoms with van der Waals surface area (Å²) in [6.45, 7) is 1.06. The van der Waals surface area contributed by atoms with E-state index in [4.69, 9.17) is 0 Å². The first-order valence-electron chi connectivity index (χ1n) is 8.03. The van der Waals surface area contributed by atoms with Crippen molar-refractivity contribution < 1.29 is 13.2 Å². The predicted molar refractivity (Wildman–Crippen MR) is 98.4 cm³/mol. The molecule has 1 aromatic carbocycles. The van der Waals surface area contributed by atoms with Crippen molar-refractivity contribution in [2.75, 3.05) is 13.1 Å². The third-order valence-corrected chi connectivity index (χ3v) is 6.57. The van der Waals surface area contributed by atoms with Gasteiger partial charge in [0.25, 0.3) is 5.91 Å². The Morgan fingerprint density at radius 1 is 1.20 bits per heavy atom. The van der Waals surface area contributed by atoms with Crippen molar-refractivity contribution in [2.45, 2.75) is 24.2 Å². The van der Waals surface area contributed by atoms with Crippen LogP contribution in [0.4, 0.5) is 0 Å². The van der Waals surface area contributed by atoms with Gasteiger partial charge in [-0.3, -0.25) is 4.79 Å². The molecule has 2 heterocycles. The lowest BCUT2D eigenvalue weighted by molar-refractivity contribution is 0.0955. The molecule has 0 aliphatic carbocycles. The second-order valence-electron chi connectivity index (χ2n) is 5.75. The van der Waals surface area contributed by atoms with E-state index in [2.05, 4.69) is 10.5 Å². The highest BCUT2D eigenvalue weighted by Gasteiger charge is 2.26. The van der Waals surface area contributed by atoms with Crippen molar-refractivity contribution in [1.29, 1.82) is 0 Å². The Morgan fingerprint density at radius 3 is 2.72 bits per heavy atom. The lowest BCUT2D eigenvalue weighted by Crippen LogP contribution is -2.35. The molecule has 0 spiro atoms. The number of carbonyl (C=O) groups excluding carboxylic acids is 1. The van der Waals surface area contributed by atoms with Gasteiger partial charge in [-0.05, 0) is 47.9 Å². The van der Waals surface area contributed by atoms with Crippen molar-refractivity contribution in [3.05, 3.63) is 52.2 Å². The fourth-order valence-corrected chi connectivity index (χ4v) is 4.80. The Balaban J connectivity index is 1.73. The zero-order valence-electron chi connectivity index (χ0n) is 13.6. The molecule has 8 heteroatoms. The van der Waals surface area contributed by atoms with E-state index < -0.39 is 15.9 Å². The van der Waals surface area contributed by atoms with Crippen molar-refractivity contribution in [1.82, 2.24) is 9.73 Å². The van der Waals surface area contributed by atoms with Crippen LogP contribution in [0.15, 0.2) is 51.1 Å². The number of sulfonamides is 1. The van der Waals surface area contributed by atoms with E-state index >= 15 is 0 Å². The summed E-state index contributed by atoms with van der Waals surface area (Å²) >= 11 is 1.54. The van der Waals surface area contributed by atoms with E-state index in [1.807, 2.05) is 16.8 Å². The highest BCUT2D eigenvalue weighted by molar-refractivity contribution is 7.89. The average Bonchev–Trinajstić information content (AvgIpc) is 3.16. The first-order valence-corrected chi connectivity index (χ1v) is 10.4. The van der Waals surface area contributed by atoms with Crippen LogP contribution < -0.4 is 5.43 Å². The largest absolute Gasteiger partial charge is 0.271 e. The van der Waals surface area contributed by atoms with Crippen LogP contribution in [0.2, 0.25) is 0 Å². The molecule has 0 saturated carbocycles. The maximum Gasteiger partial charge on any atom is 0.271 e. The molecule has 3 rings (SSSR count). The van der Waals surface area contributed by atoms with Crippen molar-refractivity contribution in [3.63, 3.8) is 0 Å². The molecule has 0 unspecified atom stereocenters. The van der Waals surface area contributed by atoms with Gasteiger partial charge in [-0.25, -0.2) is 13.8 Å². The van der Waals surface area contributed by atoms with Gasteiger partial charge < -0.3 is 0 Å². The minimum Gasteiger partial charge on any atom is -0.267 e. The number of amides is 1. The van der Waals surface area contributed by atoms with Crippen LogP contribution in [-0.2, 0) is 10.0 Å². The van der Waals surface area contributed by atoms with Crippen LogP contribution >= 0.6 is 11.3 Å². The lowest BCUT2D eigenvalue weighted by Gasteiger charge is -2.25. The molecule has 1 saturated heterocycles. The summed E-state index contributed by atoms with van der Waals surface area (Å²) in [7, 11) is -3.56. The molecule has 132 valence electrons. The van der Waals surface area contributed by atoms with Gasteiger partial charge >= 0.3 is 0 Å². The number of piperidine rings is 1. The minimum absolute atomic E-state index is 0.142. The van der Waals surface area contributed by atoms with Gasteiger partial charge in [-0.15, -0.1) is 0 Å². The van der Waals surface area contributed by atoms with E-state index in [1.54, 1.807) is 18.3 Å². The fraction of sp³-hybridized carbons (Fsp3) is 0.294. The molecule has 1 aliphatic rings. The molecule has 1 aliphatic heterocycles. The Morgan fingerprint density at radius 2 is 2.00 bits per heavy atom. The molecular weight excluding hydrogens is 358 g/mol. The van der Waals surface area contributed by atoms with Gasteiger partial charge in [0.15, 0.2) is 0 Å². The normalized spacial score (nSPS) is 16.2. The molecule has 2 aromatic rings. The van der Waals surface area contributed by atoms with Gasteiger partial charge in [0.1, 0.15) is 0 Å². The molecule has 6 nitrogen and oxygen atoms in total. The van der Waals surface area contributed by atoms with Crippen LogP contribution in [0.5, 0.6) is 0 Å². The second kappa shape index (κ2) is 7.90. The minimum atomic E-state index is -3.56. The lowest BCUT2D eigenvalue weighted by atomic mass is 10.2. The number of thiophene rings is 1. The summed E-state index contributed by atoms with van der Waals surface area (Å²) in [5.74, 6) is -0.442. The molecule has 0 bridgehead atoms. The molecule has 1 N–H and O–H groups in total. The Labute approximate surface area is 151 Å². The molecule has 1 aromatic heterocycles. The standard InChI is InChI=1S/C17H19N3O3S2/c21-17(19-18-12-14-7-10-24-13-14)15-5-4-6-16(11-15)25(22,23)20-8-2-1-3-9-20/h4-7,10-13H,1-3,8-9H2,(H,19,21)/b18-12+. The summed E-state index contributed by atoms with van der Waals surface area (Å²) in [6, 6.07) is 7.96. The molecule has 0 radical (unpaired) electrons. The van der Waals surface area contributed by atoms with Gasteiger partial charge in [0.2, 0.25) is 10.0 Å². The Kier molecular flexibility index (Phi) is 5.62. The summed E-state index contributed by atoms with van der Waals surface area (Å²) in [5, 5.41) is 7.71. The van der Waals surface area contributed by atoms with Crippen molar-refractivity contribution in [2.24, 2.45) is 5.10 Å². The van der Waals surface area contributed by atoms with Crippen molar-refractivity contribution in [3.8, 4) is 0 Å². The third-order valence-electron chi connectivity index (χ3n) is 3.97. The number of hydrogen-bond donors (Lipinski definition) is 1. The number of hydrogen-bond acceptors (Lipinski definition) is 5. The fourth-order valence-electron chi connectivity index (χ4n) is 2.63. The number of carbonyl (C=O) groups is 1. The first-order chi connectivity index (χ1) is 12.1. The predicted octanol–water partition coefficient (Wildman–Crippen LogP) is 2.69. The van der Waals surface area contributed by atoms with Gasteiger partial charge in [-0.2, -0.15) is 20.7 Å². The second-order valence-corrected chi connectivity index (χ2v) is 8.47. The van der Waals surface area contributed by atoms with Crippen LogP contribution in [0.25, 0.3) is 0 Å². The summed E-state index contributed by atoms with van der Waals surface area (Å²) in [5.41, 5.74) is 3.58. The first kappa shape index (κ1) is 17.8. The number of hydrazone groups is 1. The van der Waals surface area contributed by atoms with Crippen LogP contribution in [0.1, 0.15) is 35.2 Å².